The van der Waals surface area contributed by atoms with Crippen LogP contribution < -0.4 is 10.5 Å². The van der Waals surface area contributed by atoms with Crippen molar-refractivity contribution in [2.75, 3.05) is 4.72 Å². The fraction of sp³-hybridized carbons (Fsp3) is 0. The third kappa shape index (κ3) is 2.63. The summed E-state index contributed by atoms with van der Waals surface area (Å²) >= 11 is 4.73. The average Bonchev–Trinajstić information content (AvgIpc) is 2.81. The second-order valence-electron chi connectivity index (χ2n) is 3.34. The van der Waals surface area contributed by atoms with Crippen LogP contribution in [0.2, 0.25) is 0 Å². The number of hydrogen-bond acceptors (Lipinski definition) is 5. The molecule has 0 aliphatic heterocycles. The highest BCUT2D eigenvalue weighted by Crippen LogP contribution is 2.13. The SMILES string of the molecule is NC(=S)c1ccc(S(=O)(=O)Nc2cn[nH]c2)cn1. The average molecular weight is 283 g/mol. The summed E-state index contributed by atoms with van der Waals surface area (Å²) < 4.78 is 26.2. The lowest BCUT2D eigenvalue weighted by molar-refractivity contribution is 0.601. The van der Waals surface area contributed by atoms with Crippen LogP contribution in [0.5, 0.6) is 0 Å². The number of sulfonamides is 1. The molecule has 0 saturated heterocycles. The number of aromatic nitrogens is 3. The first-order valence-electron chi connectivity index (χ1n) is 4.76. The third-order valence-electron chi connectivity index (χ3n) is 2.05. The molecule has 0 fully saturated rings. The van der Waals surface area contributed by atoms with E-state index in [9.17, 15) is 8.42 Å². The van der Waals surface area contributed by atoms with Crippen molar-refractivity contribution < 1.29 is 8.42 Å². The Bertz CT molecular complexity index is 649. The van der Waals surface area contributed by atoms with E-state index in [-0.39, 0.29) is 9.88 Å². The van der Waals surface area contributed by atoms with Gasteiger partial charge >= 0.3 is 0 Å². The lowest BCUT2D eigenvalue weighted by Crippen LogP contribution is -2.15. The number of H-pyrrole nitrogens is 1. The number of thiocarbonyl (C=S) groups is 1. The predicted octanol–water partition coefficient (Wildman–Crippen LogP) is 0.240. The van der Waals surface area contributed by atoms with Gasteiger partial charge in [-0.05, 0) is 12.1 Å². The number of nitrogens with zero attached hydrogens (tertiary/aromatic N) is 2. The zero-order valence-corrected chi connectivity index (χ0v) is 10.6. The maximum Gasteiger partial charge on any atom is 0.263 e. The van der Waals surface area contributed by atoms with Crippen LogP contribution in [0.3, 0.4) is 0 Å². The molecule has 0 atom stereocenters. The van der Waals surface area contributed by atoms with E-state index in [1.807, 2.05) is 0 Å². The largest absolute Gasteiger partial charge is 0.388 e. The molecule has 7 nitrogen and oxygen atoms in total. The molecule has 18 heavy (non-hydrogen) atoms. The fourth-order valence-electron chi connectivity index (χ4n) is 1.21. The van der Waals surface area contributed by atoms with Gasteiger partial charge in [-0.25, -0.2) is 8.42 Å². The lowest BCUT2D eigenvalue weighted by Gasteiger charge is -2.05. The normalized spacial score (nSPS) is 11.1. The van der Waals surface area contributed by atoms with E-state index in [1.165, 1.54) is 30.7 Å². The Morgan fingerprint density at radius 2 is 2.17 bits per heavy atom. The Morgan fingerprint density at radius 1 is 1.39 bits per heavy atom. The minimum absolute atomic E-state index is 0.0173. The van der Waals surface area contributed by atoms with E-state index in [1.54, 1.807) is 0 Å². The molecule has 0 aliphatic rings. The number of hydrogen-bond donors (Lipinski definition) is 3. The van der Waals surface area contributed by atoms with E-state index in [0.29, 0.717) is 11.4 Å². The molecule has 0 aromatic carbocycles. The summed E-state index contributed by atoms with van der Waals surface area (Å²) in [6.07, 6.45) is 3.97. The molecule has 0 bridgehead atoms. The Kier molecular flexibility index (Phi) is 3.26. The molecule has 4 N–H and O–H groups in total. The zero-order valence-electron chi connectivity index (χ0n) is 8.99. The molecule has 0 saturated carbocycles. The van der Waals surface area contributed by atoms with Crippen molar-refractivity contribution in [3.05, 3.63) is 36.4 Å². The standard InChI is InChI=1S/C9H9N5O2S2/c10-9(17)8-2-1-7(5-11-8)18(15,16)14-6-3-12-13-4-6/h1-5,14H,(H2,10,17)(H,12,13). The predicted molar refractivity (Wildman–Crippen MR) is 69.5 cm³/mol. The summed E-state index contributed by atoms with van der Waals surface area (Å²) in [5, 5.41) is 6.14. The second kappa shape index (κ2) is 4.70. The van der Waals surface area contributed by atoms with Crippen LogP contribution in [0.25, 0.3) is 0 Å². The topological polar surface area (TPSA) is 114 Å². The highest BCUT2D eigenvalue weighted by Gasteiger charge is 2.15. The molecule has 2 heterocycles. The van der Waals surface area contributed by atoms with Crippen molar-refractivity contribution >= 4 is 32.9 Å². The van der Waals surface area contributed by atoms with Crippen LogP contribution in [-0.4, -0.2) is 28.6 Å². The summed E-state index contributed by atoms with van der Waals surface area (Å²) in [7, 11) is -3.68. The number of anilines is 1. The number of pyridine rings is 1. The Morgan fingerprint density at radius 3 is 2.67 bits per heavy atom. The second-order valence-corrected chi connectivity index (χ2v) is 5.46. The van der Waals surface area contributed by atoms with Crippen LogP contribution in [-0.2, 0) is 10.0 Å². The zero-order chi connectivity index (χ0) is 13.2. The van der Waals surface area contributed by atoms with Gasteiger partial charge < -0.3 is 5.73 Å². The van der Waals surface area contributed by atoms with Gasteiger partial charge in [-0.15, -0.1) is 0 Å². The Labute approximate surface area is 108 Å². The first-order valence-corrected chi connectivity index (χ1v) is 6.65. The van der Waals surface area contributed by atoms with Gasteiger partial charge in [0.2, 0.25) is 0 Å². The molecule has 0 unspecified atom stereocenters. The van der Waals surface area contributed by atoms with Crippen LogP contribution in [0.15, 0.2) is 35.6 Å². The minimum atomic E-state index is -3.68. The number of nitrogens with two attached hydrogens (primary N) is 1. The molecule has 0 spiro atoms. The molecular weight excluding hydrogens is 274 g/mol. The summed E-state index contributed by atoms with van der Waals surface area (Å²) in [5.74, 6) is 0. The minimum Gasteiger partial charge on any atom is -0.388 e. The molecule has 2 rings (SSSR count). The van der Waals surface area contributed by atoms with Gasteiger partial charge in [-0.3, -0.25) is 14.8 Å². The van der Waals surface area contributed by atoms with Crippen LogP contribution >= 0.6 is 12.2 Å². The highest BCUT2D eigenvalue weighted by atomic mass is 32.2. The quantitative estimate of drug-likeness (QED) is 0.693. The van der Waals surface area contributed by atoms with Crippen molar-refractivity contribution in [3.63, 3.8) is 0 Å². The van der Waals surface area contributed by atoms with Gasteiger partial charge in [-0.1, -0.05) is 12.2 Å². The summed E-state index contributed by atoms with van der Waals surface area (Å²) in [6.45, 7) is 0. The highest BCUT2D eigenvalue weighted by molar-refractivity contribution is 7.92. The molecule has 0 amide bonds. The van der Waals surface area contributed by atoms with Crippen molar-refractivity contribution in [3.8, 4) is 0 Å². The van der Waals surface area contributed by atoms with Crippen LogP contribution in [0, 0.1) is 0 Å². The van der Waals surface area contributed by atoms with Gasteiger partial charge in [0, 0.05) is 12.4 Å². The van der Waals surface area contributed by atoms with Gasteiger partial charge in [0.05, 0.1) is 17.6 Å². The number of rotatable bonds is 4. The monoisotopic (exact) mass is 283 g/mol. The molecule has 0 radical (unpaired) electrons. The van der Waals surface area contributed by atoms with Crippen molar-refractivity contribution in [1.82, 2.24) is 15.2 Å². The first-order chi connectivity index (χ1) is 8.49. The van der Waals surface area contributed by atoms with Crippen molar-refractivity contribution in [2.24, 2.45) is 5.73 Å². The molecule has 94 valence electrons. The van der Waals surface area contributed by atoms with Gasteiger partial charge in [0.25, 0.3) is 10.0 Å². The third-order valence-corrected chi connectivity index (χ3v) is 3.63. The first kappa shape index (κ1) is 12.5. The van der Waals surface area contributed by atoms with Crippen LogP contribution in [0.4, 0.5) is 5.69 Å². The number of aromatic amines is 1. The summed E-state index contributed by atoms with van der Waals surface area (Å²) in [5.41, 5.74) is 6.08. The van der Waals surface area contributed by atoms with Crippen molar-refractivity contribution in [2.45, 2.75) is 4.90 Å². The lowest BCUT2D eigenvalue weighted by atomic mass is 10.3. The molecule has 2 aromatic heterocycles. The maximum absolute atomic E-state index is 11.9. The molecule has 0 aliphatic carbocycles. The van der Waals surface area contributed by atoms with E-state index in [4.69, 9.17) is 18.0 Å². The van der Waals surface area contributed by atoms with E-state index >= 15 is 0 Å². The Balaban J connectivity index is 2.27. The summed E-state index contributed by atoms with van der Waals surface area (Å²) in [4.78, 5) is 3.99. The fourth-order valence-corrected chi connectivity index (χ4v) is 2.30. The van der Waals surface area contributed by atoms with E-state index < -0.39 is 10.0 Å². The van der Waals surface area contributed by atoms with Crippen molar-refractivity contribution in [1.29, 1.82) is 0 Å². The van der Waals surface area contributed by atoms with E-state index in [2.05, 4.69) is 19.9 Å². The van der Waals surface area contributed by atoms with Gasteiger partial charge in [0.15, 0.2) is 0 Å². The number of nitrogens with one attached hydrogen (secondary N) is 2. The van der Waals surface area contributed by atoms with E-state index in [0.717, 1.165) is 0 Å². The molecule has 2 aromatic rings. The van der Waals surface area contributed by atoms with Gasteiger partial charge in [-0.2, -0.15) is 5.10 Å². The maximum atomic E-state index is 11.9. The smallest absolute Gasteiger partial charge is 0.263 e. The molecular formula is C9H9N5O2S2. The molecule has 9 heteroatoms. The van der Waals surface area contributed by atoms with Gasteiger partial charge in [0.1, 0.15) is 9.88 Å². The Hall–Kier alpha value is -2.00. The summed E-state index contributed by atoms with van der Waals surface area (Å²) in [6, 6.07) is 2.83. The van der Waals surface area contributed by atoms with Crippen LogP contribution in [0.1, 0.15) is 5.69 Å².